The molecule has 0 aliphatic rings. The average molecular weight is 269 g/mol. The van der Waals surface area contributed by atoms with Crippen molar-refractivity contribution in [1.82, 2.24) is 0 Å². The van der Waals surface area contributed by atoms with Crippen molar-refractivity contribution >= 4 is 15.5 Å². The van der Waals surface area contributed by atoms with E-state index in [9.17, 15) is 21.6 Å². The molecule has 0 radical (unpaired) electrons. The Morgan fingerprint density at radius 1 is 1.24 bits per heavy atom. The van der Waals surface area contributed by atoms with Gasteiger partial charge in [-0.25, -0.2) is 8.42 Å². The Morgan fingerprint density at radius 3 is 2.35 bits per heavy atom. The minimum Gasteiger partial charge on any atom is -0.398 e. The van der Waals surface area contributed by atoms with E-state index in [4.69, 9.17) is 5.73 Å². The summed E-state index contributed by atoms with van der Waals surface area (Å²) in [4.78, 5) is -0.234. The van der Waals surface area contributed by atoms with E-state index in [2.05, 4.69) is 4.74 Å². The summed E-state index contributed by atoms with van der Waals surface area (Å²) in [6, 6.07) is 5.50. The van der Waals surface area contributed by atoms with Gasteiger partial charge in [0.05, 0.1) is 10.6 Å². The molecule has 17 heavy (non-hydrogen) atoms. The monoisotopic (exact) mass is 269 g/mol. The van der Waals surface area contributed by atoms with Crippen LogP contribution in [0.2, 0.25) is 0 Å². The van der Waals surface area contributed by atoms with Gasteiger partial charge < -0.3 is 10.5 Å². The van der Waals surface area contributed by atoms with E-state index < -0.39 is 28.6 Å². The van der Waals surface area contributed by atoms with E-state index in [1.54, 1.807) is 0 Å². The van der Waals surface area contributed by atoms with Crippen molar-refractivity contribution in [2.24, 2.45) is 0 Å². The van der Waals surface area contributed by atoms with Crippen molar-refractivity contribution in [3.63, 3.8) is 0 Å². The Kier molecular flexibility index (Phi) is 3.99. The Balaban J connectivity index is 2.74. The van der Waals surface area contributed by atoms with E-state index in [1.165, 1.54) is 24.3 Å². The van der Waals surface area contributed by atoms with Crippen molar-refractivity contribution in [3.8, 4) is 0 Å². The number of anilines is 1. The van der Waals surface area contributed by atoms with Crippen LogP contribution >= 0.6 is 0 Å². The third kappa shape index (κ3) is 4.23. The highest BCUT2D eigenvalue weighted by Crippen LogP contribution is 2.20. The van der Waals surface area contributed by atoms with Crippen LogP contribution < -0.4 is 5.73 Å². The maximum Gasteiger partial charge on any atom is 0.411 e. The Morgan fingerprint density at radius 2 is 1.82 bits per heavy atom. The number of nitrogens with two attached hydrogens (primary N) is 1. The van der Waals surface area contributed by atoms with Crippen molar-refractivity contribution < 1.29 is 26.3 Å². The molecule has 2 N–H and O–H groups in total. The molecule has 1 aromatic carbocycles. The molecule has 0 aliphatic heterocycles. The number of rotatable bonds is 4. The van der Waals surface area contributed by atoms with Gasteiger partial charge in [0.1, 0.15) is 6.61 Å². The van der Waals surface area contributed by atoms with E-state index >= 15 is 0 Å². The summed E-state index contributed by atoms with van der Waals surface area (Å²) in [5.41, 5.74) is 5.38. The molecule has 8 heteroatoms. The zero-order valence-electron chi connectivity index (χ0n) is 8.57. The number of halogens is 3. The first-order valence-electron chi connectivity index (χ1n) is 4.44. The van der Waals surface area contributed by atoms with Crippen molar-refractivity contribution in [3.05, 3.63) is 24.3 Å². The van der Waals surface area contributed by atoms with Gasteiger partial charge in [-0.05, 0) is 12.1 Å². The molecule has 0 aliphatic carbocycles. The summed E-state index contributed by atoms with van der Waals surface area (Å²) in [6.45, 7) is -1.61. The highest BCUT2D eigenvalue weighted by molar-refractivity contribution is 7.91. The van der Waals surface area contributed by atoms with E-state index in [0.29, 0.717) is 0 Å². The number of benzene rings is 1. The van der Waals surface area contributed by atoms with Crippen LogP contribution in [0.4, 0.5) is 18.9 Å². The first kappa shape index (κ1) is 13.8. The fourth-order valence-corrected chi connectivity index (χ4v) is 2.24. The van der Waals surface area contributed by atoms with Gasteiger partial charge in [-0.15, -0.1) is 0 Å². The van der Waals surface area contributed by atoms with Crippen molar-refractivity contribution in [2.75, 3.05) is 18.3 Å². The number of alkyl halides is 3. The first-order chi connectivity index (χ1) is 7.72. The Hall–Kier alpha value is -1.28. The zero-order chi connectivity index (χ0) is 13.1. The highest BCUT2D eigenvalue weighted by Gasteiger charge is 2.29. The number of nitrogen functional groups attached to an aromatic ring is 1. The van der Waals surface area contributed by atoms with Crippen LogP contribution in [-0.2, 0) is 14.6 Å². The van der Waals surface area contributed by atoms with Crippen LogP contribution in [0.1, 0.15) is 0 Å². The maximum absolute atomic E-state index is 11.8. The van der Waals surface area contributed by atoms with Crippen LogP contribution in [0, 0.1) is 0 Å². The minimum absolute atomic E-state index is 0.0249. The molecule has 0 saturated carbocycles. The molecular weight excluding hydrogens is 259 g/mol. The molecule has 0 heterocycles. The second-order valence-electron chi connectivity index (χ2n) is 3.23. The molecule has 0 amide bonds. The second kappa shape index (κ2) is 4.92. The van der Waals surface area contributed by atoms with Gasteiger partial charge in [-0.1, -0.05) is 12.1 Å². The van der Waals surface area contributed by atoms with E-state index in [1.807, 2.05) is 0 Å². The number of hydrogen-bond donors (Lipinski definition) is 1. The minimum atomic E-state index is -4.56. The number of para-hydroxylation sites is 1. The Labute approximate surface area is 96.1 Å². The molecule has 1 aromatic rings. The van der Waals surface area contributed by atoms with Crippen LogP contribution in [0.3, 0.4) is 0 Å². The van der Waals surface area contributed by atoms with Crippen LogP contribution in [-0.4, -0.2) is 27.1 Å². The smallest absolute Gasteiger partial charge is 0.398 e. The topological polar surface area (TPSA) is 69.4 Å². The van der Waals surface area contributed by atoms with Gasteiger partial charge in [0.2, 0.25) is 9.84 Å². The Bertz CT molecular complexity index is 485. The standard InChI is InChI=1S/C9H10F3NO3S/c10-9(11,12)5-16-6-17(14,15)8-4-2-1-3-7(8)13/h1-4H,5-6,13H2. The average Bonchev–Trinajstić information content (AvgIpc) is 2.15. The molecule has 96 valence electrons. The van der Waals surface area contributed by atoms with Gasteiger partial charge in [-0.3, -0.25) is 0 Å². The van der Waals surface area contributed by atoms with Gasteiger partial charge >= 0.3 is 6.18 Å². The maximum atomic E-state index is 11.8. The van der Waals surface area contributed by atoms with Crippen LogP contribution in [0.15, 0.2) is 29.2 Å². The summed E-state index contributed by atoms with van der Waals surface area (Å²) in [5.74, 6) is -1.05. The second-order valence-corrected chi connectivity index (χ2v) is 5.14. The molecule has 0 unspecified atom stereocenters. The zero-order valence-corrected chi connectivity index (χ0v) is 9.38. The number of ether oxygens (including phenoxy) is 1. The largest absolute Gasteiger partial charge is 0.411 e. The normalized spacial score (nSPS) is 12.6. The van der Waals surface area contributed by atoms with E-state index in [-0.39, 0.29) is 10.6 Å². The van der Waals surface area contributed by atoms with Crippen LogP contribution in [0.25, 0.3) is 0 Å². The predicted octanol–water partition coefficient (Wildman–Crippen LogP) is 1.58. The van der Waals surface area contributed by atoms with Gasteiger partial charge in [0.25, 0.3) is 0 Å². The number of hydrogen-bond acceptors (Lipinski definition) is 4. The van der Waals surface area contributed by atoms with Crippen molar-refractivity contribution in [1.29, 1.82) is 0 Å². The summed E-state index contributed by atoms with van der Waals surface area (Å²) >= 11 is 0. The SMILES string of the molecule is Nc1ccccc1S(=O)(=O)COCC(F)(F)F. The molecule has 0 atom stereocenters. The third-order valence-corrected chi connectivity index (χ3v) is 3.28. The van der Waals surface area contributed by atoms with Gasteiger partial charge in [-0.2, -0.15) is 13.2 Å². The molecule has 0 fully saturated rings. The summed E-state index contributed by atoms with van der Waals surface area (Å²) in [7, 11) is -3.96. The van der Waals surface area contributed by atoms with Gasteiger partial charge in [0.15, 0.2) is 5.94 Å². The lowest BCUT2D eigenvalue weighted by Crippen LogP contribution is -2.21. The lowest BCUT2D eigenvalue weighted by molar-refractivity contribution is -0.169. The fourth-order valence-electron chi connectivity index (χ4n) is 1.09. The molecule has 0 bridgehead atoms. The third-order valence-electron chi connectivity index (χ3n) is 1.76. The summed E-state index contributed by atoms with van der Waals surface area (Å²) in [6.07, 6.45) is -4.56. The lowest BCUT2D eigenvalue weighted by atomic mass is 10.3. The summed E-state index contributed by atoms with van der Waals surface area (Å²) in [5, 5.41) is 0. The lowest BCUT2D eigenvalue weighted by Gasteiger charge is -2.09. The van der Waals surface area contributed by atoms with Gasteiger partial charge in [0, 0.05) is 0 Å². The quantitative estimate of drug-likeness (QED) is 0.842. The summed E-state index contributed by atoms with van der Waals surface area (Å²) < 4.78 is 62.5. The molecule has 0 saturated heterocycles. The molecule has 0 spiro atoms. The molecule has 4 nitrogen and oxygen atoms in total. The molecule has 0 aromatic heterocycles. The van der Waals surface area contributed by atoms with E-state index in [0.717, 1.165) is 0 Å². The fraction of sp³-hybridized carbons (Fsp3) is 0.333. The highest BCUT2D eigenvalue weighted by atomic mass is 32.2. The van der Waals surface area contributed by atoms with Crippen molar-refractivity contribution in [2.45, 2.75) is 11.1 Å². The number of sulfone groups is 1. The van der Waals surface area contributed by atoms with Crippen LogP contribution in [0.5, 0.6) is 0 Å². The predicted molar refractivity (Wildman–Crippen MR) is 54.9 cm³/mol. The molecular formula is C9H10F3NO3S. The first-order valence-corrected chi connectivity index (χ1v) is 6.09. The molecule has 1 rings (SSSR count).